The summed E-state index contributed by atoms with van der Waals surface area (Å²) in [5.74, 6) is 0. The van der Waals surface area contributed by atoms with Crippen LogP contribution in [0, 0.1) is 6.92 Å². The van der Waals surface area contributed by atoms with Gasteiger partial charge in [0.15, 0.2) is 0 Å². The van der Waals surface area contributed by atoms with E-state index in [4.69, 9.17) is 0 Å². The van der Waals surface area contributed by atoms with E-state index in [1.54, 1.807) is 11.1 Å². The molecule has 0 aromatic heterocycles. The van der Waals surface area contributed by atoms with Crippen LogP contribution in [0.1, 0.15) is 62.6 Å². The first-order valence-corrected chi connectivity index (χ1v) is 8.65. The van der Waals surface area contributed by atoms with Gasteiger partial charge >= 0.3 is 0 Å². The second kappa shape index (κ2) is 7.83. The minimum Gasteiger partial charge on any atom is -0.300 e. The van der Waals surface area contributed by atoms with Gasteiger partial charge in [0.2, 0.25) is 0 Å². The summed E-state index contributed by atoms with van der Waals surface area (Å²) in [5, 5.41) is 0. The zero-order valence-electron chi connectivity index (χ0n) is 13.6. The topological polar surface area (TPSA) is 3.24 Å². The molecule has 0 amide bonds. The van der Waals surface area contributed by atoms with Crippen LogP contribution in [-0.4, -0.2) is 24.0 Å². The van der Waals surface area contributed by atoms with E-state index in [1.165, 1.54) is 63.6 Å². The highest BCUT2D eigenvalue weighted by Crippen LogP contribution is 2.26. The molecular weight excluding hydrogens is 242 g/mol. The molecule has 20 heavy (non-hydrogen) atoms. The molecule has 112 valence electrons. The summed E-state index contributed by atoms with van der Waals surface area (Å²) < 4.78 is 0. The Morgan fingerprint density at radius 2 is 1.70 bits per heavy atom. The lowest BCUT2D eigenvalue weighted by Gasteiger charge is -2.30. The van der Waals surface area contributed by atoms with Crippen LogP contribution >= 0.6 is 0 Å². The zero-order chi connectivity index (χ0) is 14.4. The van der Waals surface area contributed by atoms with Gasteiger partial charge < -0.3 is 4.90 Å². The Labute approximate surface area is 125 Å². The predicted molar refractivity (Wildman–Crippen MR) is 88.4 cm³/mol. The van der Waals surface area contributed by atoms with Gasteiger partial charge in [-0.05, 0) is 69.7 Å². The van der Waals surface area contributed by atoms with Gasteiger partial charge in [0.05, 0.1) is 0 Å². The van der Waals surface area contributed by atoms with Gasteiger partial charge in [-0.15, -0.1) is 0 Å². The Hall–Kier alpha value is -0.820. The third-order valence-electron chi connectivity index (χ3n) is 4.71. The summed E-state index contributed by atoms with van der Waals surface area (Å²) in [6.07, 6.45) is 9.61. The van der Waals surface area contributed by atoms with E-state index in [0.29, 0.717) is 0 Å². The molecule has 2 aliphatic rings. The molecule has 0 bridgehead atoms. The number of hydrogen-bond donors (Lipinski definition) is 0. The van der Waals surface area contributed by atoms with E-state index in [1.807, 2.05) is 13.8 Å². The fraction of sp³-hybridized carbons (Fsp3) is 0.684. The molecule has 0 radical (unpaired) electrons. The van der Waals surface area contributed by atoms with Crippen molar-refractivity contribution in [3.05, 3.63) is 34.9 Å². The number of fused-ring (bicyclic) bond motifs is 1. The second-order valence-corrected chi connectivity index (χ2v) is 6.12. The van der Waals surface area contributed by atoms with Crippen LogP contribution in [-0.2, 0) is 12.8 Å². The quantitative estimate of drug-likeness (QED) is 0.713. The van der Waals surface area contributed by atoms with E-state index < -0.39 is 0 Å². The molecular formula is C19H31N. The summed E-state index contributed by atoms with van der Waals surface area (Å²) in [6, 6.07) is 7.90. The van der Waals surface area contributed by atoms with Crippen LogP contribution < -0.4 is 0 Å². The van der Waals surface area contributed by atoms with Crippen molar-refractivity contribution < 1.29 is 0 Å². The van der Waals surface area contributed by atoms with Crippen molar-refractivity contribution in [1.82, 2.24) is 4.90 Å². The normalized spacial score (nSPS) is 23.2. The van der Waals surface area contributed by atoms with Crippen molar-refractivity contribution in [3.8, 4) is 0 Å². The maximum Gasteiger partial charge on any atom is 0.0136 e. The smallest absolute Gasteiger partial charge is 0.0136 e. The Kier molecular flexibility index (Phi) is 6.09. The van der Waals surface area contributed by atoms with Gasteiger partial charge in [-0.3, -0.25) is 0 Å². The lowest BCUT2D eigenvalue weighted by Crippen LogP contribution is -2.35. The van der Waals surface area contributed by atoms with Crippen molar-refractivity contribution in [2.24, 2.45) is 0 Å². The highest BCUT2D eigenvalue weighted by atomic mass is 15.2. The monoisotopic (exact) mass is 273 g/mol. The Morgan fingerprint density at radius 1 is 0.950 bits per heavy atom. The molecule has 1 aliphatic carbocycles. The van der Waals surface area contributed by atoms with Gasteiger partial charge in [-0.1, -0.05) is 44.0 Å². The molecule has 1 atom stereocenters. The molecule has 1 heterocycles. The molecule has 3 rings (SSSR count). The van der Waals surface area contributed by atoms with E-state index in [0.717, 1.165) is 6.04 Å². The van der Waals surface area contributed by atoms with Gasteiger partial charge in [0, 0.05) is 6.04 Å². The predicted octanol–water partition coefficient (Wildman–Crippen LogP) is 4.75. The molecule has 1 nitrogen and oxygen atoms in total. The fourth-order valence-corrected chi connectivity index (χ4v) is 3.66. The Balaban J connectivity index is 0.000000704. The molecule has 1 unspecified atom stereocenters. The summed E-state index contributed by atoms with van der Waals surface area (Å²) in [6.45, 7) is 8.90. The SMILES string of the molecule is CC.Cc1ccc2c(c1)CC(N1CCCC1)CCCC2. The molecule has 0 saturated carbocycles. The molecule has 1 aromatic rings. The summed E-state index contributed by atoms with van der Waals surface area (Å²) >= 11 is 0. The summed E-state index contributed by atoms with van der Waals surface area (Å²) in [4.78, 5) is 2.75. The van der Waals surface area contributed by atoms with Crippen LogP contribution in [0.4, 0.5) is 0 Å². The van der Waals surface area contributed by atoms with Crippen molar-refractivity contribution in [3.63, 3.8) is 0 Å². The van der Waals surface area contributed by atoms with Gasteiger partial charge in [-0.25, -0.2) is 0 Å². The molecule has 1 aliphatic heterocycles. The maximum atomic E-state index is 2.75. The molecule has 1 aromatic carbocycles. The van der Waals surface area contributed by atoms with Gasteiger partial charge in [0.1, 0.15) is 0 Å². The van der Waals surface area contributed by atoms with Crippen molar-refractivity contribution in [1.29, 1.82) is 0 Å². The number of benzene rings is 1. The molecule has 1 fully saturated rings. The van der Waals surface area contributed by atoms with Crippen LogP contribution in [0.2, 0.25) is 0 Å². The van der Waals surface area contributed by atoms with Crippen LogP contribution in [0.5, 0.6) is 0 Å². The highest BCUT2D eigenvalue weighted by Gasteiger charge is 2.23. The molecule has 0 spiro atoms. The fourth-order valence-electron chi connectivity index (χ4n) is 3.66. The van der Waals surface area contributed by atoms with Gasteiger partial charge in [0.25, 0.3) is 0 Å². The van der Waals surface area contributed by atoms with Crippen LogP contribution in [0.3, 0.4) is 0 Å². The average molecular weight is 273 g/mol. The molecule has 1 saturated heterocycles. The van der Waals surface area contributed by atoms with Crippen LogP contribution in [0.25, 0.3) is 0 Å². The third kappa shape index (κ3) is 3.85. The molecule has 1 heteroatoms. The first-order chi connectivity index (χ1) is 9.83. The minimum absolute atomic E-state index is 0.813. The van der Waals surface area contributed by atoms with E-state index >= 15 is 0 Å². The Morgan fingerprint density at radius 3 is 2.45 bits per heavy atom. The average Bonchev–Trinajstić information content (AvgIpc) is 2.97. The van der Waals surface area contributed by atoms with Crippen molar-refractivity contribution in [2.45, 2.75) is 71.8 Å². The van der Waals surface area contributed by atoms with E-state index in [2.05, 4.69) is 30.0 Å². The standard InChI is InChI=1S/C17H25N.C2H6/c1-14-8-9-15-6-2-3-7-17(13-16(15)12-14)18-10-4-5-11-18;1-2/h8-9,12,17H,2-7,10-11,13H2,1H3;1-2H3. The molecule has 0 N–H and O–H groups in total. The number of aryl methyl sites for hydroxylation is 2. The summed E-state index contributed by atoms with van der Waals surface area (Å²) in [7, 11) is 0. The van der Waals surface area contributed by atoms with Gasteiger partial charge in [-0.2, -0.15) is 0 Å². The zero-order valence-corrected chi connectivity index (χ0v) is 13.6. The van der Waals surface area contributed by atoms with E-state index in [9.17, 15) is 0 Å². The Bertz CT molecular complexity index is 404. The number of likely N-dealkylation sites (tertiary alicyclic amines) is 1. The number of hydrogen-bond acceptors (Lipinski definition) is 1. The van der Waals surface area contributed by atoms with Crippen molar-refractivity contribution in [2.75, 3.05) is 13.1 Å². The lowest BCUT2D eigenvalue weighted by molar-refractivity contribution is 0.222. The largest absolute Gasteiger partial charge is 0.300 e. The maximum absolute atomic E-state index is 2.75. The first-order valence-electron chi connectivity index (χ1n) is 8.65. The number of rotatable bonds is 1. The minimum atomic E-state index is 0.813. The highest BCUT2D eigenvalue weighted by molar-refractivity contribution is 5.32. The summed E-state index contributed by atoms with van der Waals surface area (Å²) in [5.41, 5.74) is 4.67. The van der Waals surface area contributed by atoms with E-state index in [-0.39, 0.29) is 0 Å². The second-order valence-electron chi connectivity index (χ2n) is 6.12. The third-order valence-corrected chi connectivity index (χ3v) is 4.71. The first kappa shape index (κ1) is 15.6. The van der Waals surface area contributed by atoms with Crippen molar-refractivity contribution >= 4 is 0 Å². The lowest BCUT2D eigenvalue weighted by atomic mass is 9.89. The van der Waals surface area contributed by atoms with Crippen LogP contribution in [0.15, 0.2) is 18.2 Å². The number of nitrogens with zero attached hydrogens (tertiary/aromatic N) is 1.